The molecule has 1 rings (SSSR count). The predicted octanol–water partition coefficient (Wildman–Crippen LogP) is 4.28. The molecule has 0 aromatic heterocycles. The molecule has 0 N–H and O–H groups in total. The van der Waals surface area contributed by atoms with Gasteiger partial charge in [-0.25, -0.2) is 0 Å². The molecule has 0 amide bonds. The zero-order chi connectivity index (χ0) is 8.97. The monoisotopic (exact) mass is 186 g/mol. The van der Waals surface area contributed by atoms with Crippen molar-refractivity contribution in [2.75, 3.05) is 0 Å². The standard InChI is InChI=1S/C11H19Cl/c1-3-4-5-10-8-11(12)7-6-9(10)2/h11H,3-8H2,1-2H3. The van der Waals surface area contributed by atoms with Gasteiger partial charge in [-0.1, -0.05) is 24.5 Å². The maximum Gasteiger partial charge on any atom is 0.0376 e. The van der Waals surface area contributed by atoms with E-state index in [9.17, 15) is 0 Å². The summed E-state index contributed by atoms with van der Waals surface area (Å²) in [5.74, 6) is 0. The maximum atomic E-state index is 6.12. The van der Waals surface area contributed by atoms with Crippen molar-refractivity contribution in [2.24, 2.45) is 0 Å². The Kier molecular flexibility index (Phi) is 4.14. The second kappa shape index (κ2) is 4.91. The molecule has 0 heterocycles. The molecule has 0 nitrogen and oxygen atoms in total. The molecule has 1 aliphatic carbocycles. The van der Waals surface area contributed by atoms with E-state index >= 15 is 0 Å². The lowest BCUT2D eigenvalue weighted by Gasteiger charge is -2.21. The third-order valence-corrected chi connectivity index (χ3v) is 3.11. The maximum absolute atomic E-state index is 6.12. The Balaban J connectivity index is 2.46. The first kappa shape index (κ1) is 10.1. The summed E-state index contributed by atoms with van der Waals surface area (Å²) >= 11 is 6.12. The van der Waals surface area contributed by atoms with E-state index in [0.29, 0.717) is 5.38 Å². The van der Waals surface area contributed by atoms with E-state index in [-0.39, 0.29) is 0 Å². The van der Waals surface area contributed by atoms with Crippen molar-refractivity contribution in [2.45, 2.75) is 57.7 Å². The highest BCUT2D eigenvalue weighted by atomic mass is 35.5. The Bertz CT molecular complexity index is 170. The number of alkyl halides is 1. The van der Waals surface area contributed by atoms with Crippen LogP contribution in [0.5, 0.6) is 0 Å². The molecular formula is C11H19Cl. The van der Waals surface area contributed by atoms with E-state index in [4.69, 9.17) is 11.6 Å². The summed E-state index contributed by atoms with van der Waals surface area (Å²) in [4.78, 5) is 0. The number of hydrogen-bond acceptors (Lipinski definition) is 0. The van der Waals surface area contributed by atoms with E-state index in [1.165, 1.54) is 32.1 Å². The van der Waals surface area contributed by atoms with Crippen LogP contribution in [-0.2, 0) is 0 Å². The van der Waals surface area contributed by atoms with Crippen molar-refractivity contribution in [3.8, 4) is 0 Å². The SMILES string of the molecule is CCCCC1=C(C)CCC(Cl)C1. The van der Waals surface area contributed by atoms with Gasteiger partial charge in [0.15, 0.2) is 0 Å². The summed E-state index contributed by atoms with van der Waals surface area (Å²) in [6.45, 7) is 4.52. The molecule has 0 saturated heterocycles. The molecule has 1 unspecified atom stereocenters. The van der Waals surface area contributed by atoms with Crippen LogP contribution in [0.1, 0.15) is 52.4 Å². The fraction of sp³-hybridized carbons (Fsp3) is 0.818. The Morgan fingerprint density at radius 1 is 1.50 bits per heavy atom. The van der Waals surface area contributed by atoms with Gasteiger partial charge in [0, 0.05) is 5.38 Å². The molecule has 0 aliphatic heterocycles. The summed E-state index contributed by atoms with van der Waals surface area (Å²) in [7, 11) is 0. The number of unbranched alkanes of at least 4 members (excludes halogenated alkanes) is 1. The van der Waals surface area contributed by atoms with Crippen LogP contribution >= 0.6 is 11.6 Å². The average Bonchev–Trinajstić information content (AvgIpc) is 2.07. The number of halogens is 1. The van der Waals surface area contributed by atoms with E-state index < -0.39 is 0 Å². The summed E-state index contributed by atoms with van der Waals surface area (Å²) < 4.78 is 0. The van der Waals surface area contributed by atoms with Gasteiger partial charge < -0.3 is 0 Å². The van der Waals surface area contributed by atoms with Crippen LogP contribution in [0.4, 0.5) is 0 Å². The molecule has 1 atom stereocenters. The van der Waals surface area contributed by atoms with Gasteiger partial charge in [0.2, 0.25) is 0 Å². The molecule has 0 spiro atoms. The number of allylic oxidation sites excluding steroid dienone is 2. The molecule has 1 aliphatic rings. The molecule has 12 heavy (non-hydrogen) atoms. The Labute approximate surface area is 81.0 Å². The molecule has 0 radical (unpaired) electrons. The van der Waals surface area contributed by atoms with Crippen LogP contribution in [0.2, 0.25) is 0 Å². The quantitative estimate of drug-likeness (QED) is 0.456. The predicted molar refractivity (Wildman–Crippen MR) is 55.7 cm³/mol. The lowest BCUT2D eigenvalue weighted by molar-refractivity contribution is 0.638. The lowest BCUT2D eigenvalue weighted by atomic mass is 9.89. The molecule has 0 fully saturated rings. The first-order valence-electron chi connectivity index (χ1n) is 5.05. The molecule has 0 aromatic carbocycles. The summed E-state index contributed by atoms with van der Waals surface area (Å²) in [6, 6.07) is 0. The van der Waals surface area contributed by atoms with Crippen LogP contribution in [0.3, 0.4) is 0 Å². The fourth-order valence-corrected chi connectivity index (χ4v) is 2.09. The van der Waals surface area contributed by atoms with Gasteiger partial charge in [0.05, 0.1) is 0 Å². The second-order valence-electron chi connectivity index (χ2n) is 3.83. The summed E-state index contributed by atoms with van der Waals surface area (Å²) in [5, 5.41) is 0.417. The fourth-order valence-electron chi connectivity index (χ4n) is 1.80. The third kappa shape index (κ3) is 2.82. The molecule has 1 heteroatoms. The normalized spacial score (nSPS) is 24.8. The Morgan fingerprint density at radius 2 is 2.25 bits per heavy atom. The van der Waals surface area contributed by atoms with E-state index in [2.05, 4.69) is 13.8 Å². The lowest BCUT2D eigenvalue weighted by Crippen LogP contribution is -2.08. The summed E-state index contributed by atoms with van der Waals surface area (Å²) in [5.41, 5.74) is 3.25. The first-order chi connectivity index (χ1) is 5.74. The number of rotatable bonds is 3. The van der Waals surface area contributed by atoms with Gasteiger partial charge in [-0.05, 0) is 39.0 Å². The highest BCUT2D eigenvalue weighted by Crippen LogP contribution is 2.30. The van der Waals surface area contributed by atoms with Crippen LogP contribution in [0.15, 0.2) is 11.1 Å². The van der Waals surface area contributed by atoms with Crippen LogP contribution in [0.25, 0.3) is 0 Å². The highest BCUT2D eigenvalue weighted by molar-refractivity contribution is 6.20. The first-order valence-corrected chi connectivity index (χ1v) is 5.49. The summed E-state index contributed by atoms with van der Waals surface area (Å²) in [6.07, 6.45) is 7.47. The molecule has 0 bridgehead atoms. The van der Waals surface area contributed by atoms with E-state index in [1.54, 1.807) is 11.1 Å². The van der Waals surface area contributed by atoms with Crippen molar-refractivity contribution in [3.63, 3.8) is 0 Å². The Morgan fingerprint density at radius 3 is 2.92 bits per heavy atom. The van der Waals surface area contributed by atoms with Gasteiger partial charge in [-0.15, -0.1) is 11.6 Å². The van der Waals surface area contributed by atoms with Crippen molar-refractivity contribution < 1.29 is 0 Å². The van der Waals surface area contributed by atoms with Crippen molar-refractivity contribution in [1.29, 1.82) is 0 Å². The Hall–Kier alpha value is 0.0300. The smallest absolute Gasteiger partial charge is 0.0376 e. The van der Waals surface area contributed by atoms with E-state index in [0.717, 1.165) is 6.42 Å². The topological polar surface area (TPSA) is 0 Å². The van der Waals surface area contributed by atoms with Crippen LogP contribution in [-0.4, -0.2) is 5.38 Å². The van der Waals surface area contributed by atoms with Gasteiger partial charge in [-0.2, -0.15) is 0 Å². The third-order valence-electron chi connectivity index (χ3n) is 2.74. The van der Waals surface area contributed by atoms with Gasteiger partial charge in [0.25, 0.3) is 0 Å². The van der Waals surface area contributed by atoms with Crippen LogP contribution < -0.4 is 0 Å². The minimum absolute atomic E-state index is 0.417. The number of hydrogen-bond donors (Lipinski definition) is 0. The molecule has 0 aromatic rings. The second-order valence-corrected chi connectivity index (χ2v) is 4.44. The minimum Gasteiger partial charge on any atom is -0.123 e. The van der Waals surface area contributed by atoms with Crippen molar-refractivity contribution in [3.05, 3.63) is 11.1 Å². The largest absolute Gasteiger partial charge is 0.123 e. The molecular weight excluding hydrogens is 168 g/mol. The van der Waals surface area contributed by atoms with Gasteiger partial charge in [0.1, 0.15) is 0 Å². The molecule has 70 valence electrons. The van der Waals surface area contributed by atoms with Gasteiger partial charge in [-0.3, -0.25) is 0 Å². The zero-order valence-corrected chi connectivity index (χ0v) is 8.95. The van der Waals surface area contributed by atoms with Crippen LogP contribution in [0, 0.1) is 0 Å². The average molecular weight is 187 g/mol. The van der Waals surface area contributed by atoms with Gasteiger partial charge >= 0.3 is 0 Å². The van der Waals surface area contributed by atoms with Crippen molar-refractivity contribution >= 4 is 11.6 Å². The van der Waals surface area contributed by atoms with Crippen molar-refractivity contribution in [1.82, 2.24) is 0 Å². The minimum atomic E-state index is 0.417. The highest BCUT2D eigenvalue weighted by Gasteiger charge is 2.15. The zero-order valence-electron chi connectivity index (χ0n) is 8.20. The van der Waals surface area contributed by atoms with E-state index in [1.807, 2.05) is 0 Å². The molecule has 0 saturated carbocycles.